The van der Waals surface area contributed by atoms with Crippen LogP contribution in [-0.4, -0.2) is 18.3 Å². The van der Waals surface area contributed by atoms with Crippen LogP contribution in [0.15, 0.2) is 36.1 Å². The van der Waals surface area contributed by atoms with E-state index < -0.39 is 0 Å². The first-order valence-electron chi connectivity index (χ1n) is 11.3. The highest BCUT2D eigenvalue weighted by Crippen LogP contribution is 2.69. The monoisotopic (exact) mass is 504 g/mol. The molecule has 1 aliphatic heterocycles. The van der Waals surface area contributed by atoms with Crippen LogP contribution in [0, 0.1) is 28.6 Å². The number of hydrogen-bond acceptors (Lipinski definition) is 2. The second-order valence-corrected chi connectivity index (χ2v) is 10.4. The van der Waals surface area contributed by atoms with Crippen LogP contribution in [0.2, 0.25) is 0 Å². The molecule has 2 nitrogen and oxygen atoms in total. The van der Waals surface area contributed by atoms with E-state index in [4.69, 9.17) is 9.47 Å². The lowest BCUT2D eigenvalue weighted by atomic mass is 9.48. The van der Waals surface area contributed by atoms with Gasteiger partial charge >= 0.3 is 0 Å². The molecule has 0 aromatic rings. The smallest absolute Gasteiger partial charge is 0.115 e. The highest BCUT2D eigenvalue weighted by molar-refractivity contribution is 7.59. The van der Waals surface area contributed by atoms with E-state index in [9.17, 15) is 0 Å². The molecule has 0 aromatic heterocycles. The molecule has 1 spiro atoms. The summed E-state index contributed by atoms with van der Waals surface area (Å²) >= 11 is 0. The van der Waals surface area contributed by atoms with Gasteiger partial charge in [-0.1, -0.05) is 38.7 Å². The molecular formula is C25H44O2S4. The van der Waals surface area contributed by atoms with E-state index in [-0.39, 0.29) is 59.6 Å². The van der Waals surface area contributed by atoms with Gasteiger partial charge in [-0.25, -0.2) is 0 Å². The average molecular weight is 505 g/mol. The van der Waals surface area contributed by atoms with Gasteiger partial charge in [-0.05, 0) is 80.6 Å². The van der Waals surface area contributed by atoms with Gasteiger partial charge in [0.2, 0.25) is 0 Å². The standard InChI is InChI=1S/C25H36O2.4H2S/c1-5-26-19-9-12-23(3)18(16-19)6-7-20-21(23)10-13-24(4)22(20)11-15-25(24)14-8-17(2)27-25;;;;/h6-7,16,19-22H,2,5,8-15H2,1,3-4H3;4*1H2/t19?,20-,21?,22?,23+,24+,25-;;;;/m1..../s1. The summed E-state index contributed by atoms with van der Waals surface area (Å²) in [6, 6.07) is 0. The SMILES string of the molecule is C=C1CC[C@]2(CCC3[C@@H]4C=CC5=CC(OCC)CC[C@]5(C)C4CC[C@@]32C)O1.S.S.S.S. The van der Waals surface area contributed by atoms with Crippen molar-refractivity contribution in [2.45, 2.75) is 83.8 Å². The largest absolute Gasteiger partial charge is 0.492 e. The fraction of sp³-hybridized carbons (Fsp3) is 0.760. The zero-order chi connectivity index (χ0) is 18.9. The first-order valence-corrected chi connectivity index (χ1v) is 11.3. The highest BCUT2D eigenvalue weighted by atomic mass is 32.1. The molecule has 1 heterocycles. The Morgan fingerprint density at radius 3 is 2.35 bits per heavy atom. The molecule has 5 aliphatic rings. The van der Waals surface area contributed by atoms with E-state index >= 15 is 0 Å². The van der Waals surface area contributed by atoms with Crippen molar-refractivity contribution in [1.82, 2.24) is 0 Å². The lowest BCUT2D eigenvalue weighted by molar-refractivity contribution is -0.109. The zero-order valence-electron chi connectivity index (χ0n) is 19.4. The Kier molecular flexibility index (Phi) is 9.80. The van der Waals surface area contributed by atoms with Gasteiger partial charge in [-0.3, -0.25) is 0 Å². The van der Waals surface area contributed by atoms with Crippen molar-refractivity contribution in [3.05, 3.63) is 36.1 Å². The Labute approximate surface area is 217 Å². The molecule has 1 saturated heterocycles. The van der Waals surface area contributed by atoms with Crippen molar-refractivity contribution < 1.29 is 9.47 Å². The Morgan fingerprint density at radius 1 is 1.00 bits per heavy atom. The van der Waals surface area contributed by atoms with Crippen LogP contribution in [0.4, 0.5) is 0 Å². The Morgan fingerprint density at radius 2 is 1.71 bits per heavy atom. The van der Waals surface area contributed by atoms with Crippen LogP contribution < -0.4 is 0 Å². The van der Waals surface area contributed by atoms with Gasteiger partial charge in [0.15, 0.2) is 0 Å². The summed E-state index contributed by atoms with van der Waals surface area (Å²) in [4.78, 5) is 0. The summed E-state index contributed by atoms with van der Waals surface area (Å²) in [7, 11) is 0. The topological polar surface area (TPSA) is 18.5 Å². The molecule has 3 fully saturated rings. The van der Waals surface area contributed by atoms with Crippen molar-refractivity contribution >= 4 is 54.0 Å². The summed E-state index contributed by atoms with van der Waals surface area (Å²) < 4.78 is 12.4. The number of rotatable bonds is 2. The third-order valence-corrected chi connectivity index (χ3v) is 9.44. The van der Waals surface area contributed by atoms with Crippen LogP contribution >= 0.6 is 54.0 Å². The molecule has 6 heteroatoms. The number of fused-ring (bicyclic) bond motifs is 6. The third-order valence-electron chi connectivity index (χ3n) is 9.44. The quantitative estimate of drug-likeness (QED) is 0.419. The summed E-state index contributed by atoms with van der Waals surface area (Å²) in [5, 5.41) is 0. The zero-order valence-corrected chi connectivity index (χ0v) is 23.4. The fourth-order valence-electron chi connectivity index (χ4n) is 7.86. The van der Waals surface area contributed by atoms with Crippen molar-refractivity contribution in [3.8, 4) is 0 Å². The van der Waals surface area contributed by atoms with Crippen LogP contribution in [0.3, 0.4) is 0 Å². The molecule has 4 aliphatic carbocycles. The number of allylic oxidation sites excluding steroid dienone is 4. The lowest BCUT2D eigenvalue weighted by Crippen LogP contribution is -2.53. The highest BCUT2D eigenvalue weighted by Gasteiger charge is 2.65. The maximum Gasteiger partial charge on any atom is 0.115 e. The molecule has 0 radical (unpaired) electrons. The summed E-state index contributed by atoms with van der Waals surface area (Å²) in [5.74, 6) is 3.30. The minimum Gasteiger partial charge on any atom is -0.492 e. The molecule has 2 saturated carbocycles. The molecule has 0 bridgehead atoms. The second kappa shape index (κ2) is 10.3. The van der Waals surface area contributed by atoms with Crippen LogP contribution in [-0.2, 0) is 9.47 Å². The molecule has 0 amide bonds. The number of hydrogen-bond donors (Lipinski definition) is 0. The normalized spacial score (nSPS) is 44.2. The van der Waals surface area contributed by atoms with E-state index in [0.717, 1.165) is 30.6 Å². The van der Waals surface area contributed by atoms with Crippen LogP contribution in [0.1, 0.15) is 72.1 Å². The second-order valence-electron chi connectivity index (χ2n) is 10.4. The van der Waals surface area contributed by atoms with Crippen LogP contribution in [0.5, 0.6) is 0 Å². The van der Waals surface area contributed by atoms with Crippen molar-refractivity contribution in [3.63, 3.8) is 0 Å². The van der Waals surface area contributed by atoms with E-state index in [0.29, 0.717) is 22.9 Å². The summed E-state index contributed by atoms with van der Waals surface area (Å²) in [6.45, 7) is 12.2. The Balaban J connectivity index is 0.00000120. The minimum absolute atomic E-state index is 0. The Bertz CT molecular complexity index is 722. The summed E-state index contributed by atoms with van der Waals surface area (Å²) in [6.07, 6.45) is 17.7. The van der Waals surface area contributed by atoms with Crippen molar-refractivity contribution in [1.29, 1.82) is 0 Å². The van der Waals surface area contributed by atoms with Gasteiger partial charge in [0.1, 0.15) is 5.60 Å². The molecule has 31 heavy (non-hydrogen) atoms. The molecule has 0 aromatic carbocycles. The van der Waals surface area contributed by atoms with Gasteiger partial charge in [0.25, 0.3) is 0 Å². The van der Waals surface area contributed by atoms with Crippen molar-refractivity contribution in [2.24, 2.45) is 28.6 Å². The maximum absolute atomic E-state index is 6.49. The Hall–Kier alpha value is 0.380. The molecule has 0 N–H and O–H groups in total. The maximum atomic E-state index is 6.49. The van der Waals surface area contributed by atoms with Gasteiger partial charge in [-0.15, -0.1) is 0 Å². The summed E-state index contributed by atoms with van der Waals surface area (Å²) in [5.41, 5.74) is 2.29. The minimum atomic E-state index is 0. The first-order chi connectivity index (χ1) is 12.9. The third kappa shape index (κ3) is 4.19. The van der Waals surface area contributed by atoms with Crippen molar-refractivity contribution in [2.75, 3.05) is 6.61 Å². The average Bonchev–Trinajstić information content (AvgIpc) is 3.16. The molecular weight excluding hydrogens is 461 g/mol. The first kappa shape index (κ1) is 29.4. The van der Waals surface area contributed by atoms with E-state index in [1.165, 1.54) is 44.9 Å². The van der Waals surface area contributed by atoms with Gasteiger partial charge in [0.05, 0.1) is 11.9 Å². The van der Waals surface area contributed by atoms with E-state index in [1.807, 2.05) is 0 Å². The molecule has 7 atom stereocenters. The number of ether oxygens (including phenoxy) is 2. The molecule has 3 unspecified atom stereocenters. The molecule has 180 valence electrons. The molecule has 5 rings (SSSR count). The van der Waals surface area contributed by atoms with Gasteiger partial charge < -0.3 is 9.47 Å². The van der Waals surface area contributed by atoms with E-state index in [2.05, 4.69) is 45.6 Å². The predicted octanol–water partition coefficient (Wildman–Crippen LogP) is 6.64. The van der Waals surface area contributed by atoms with Gasteiger partial charge in [0, 0.05) is 18.4 Å². The lowest BCUT2D eigenvalue weighted by Gasteiger charge is -2.57. The predicted molar refractivity (Wildman–Crippen MR) is 151 cm³/mol. The van der Waals surface area contributed by atoms with E-state index in [1.54, 1.807) is 5.57 Å². The van der Waals surface area contributed by atoms with Gasteiger partial charge in [-0.2, -0.15) is 54.0 Å². The van der Waals surface area contributed by atoms with Crippen LogP contribution in [0.25, 0.3) is 0 Å². The fourth-order valence-corrected chi connectivity index (χ4v) is 7.86.